The van der Waals surface area contributed by atoms with Crippen molar-refractivity contribution in [2.75, 3.05) is 10.6 Å². The molecular weight excluding hydrogens is 278 g/mol. The zero-order chi connectivity index (χ0) is 15.5. The van der Waals surface area contributed by atoms with Crippen LogP contribution < -0.4 is 16.4 Å². The summed E-state index contributed by atoms with van der Waals surface area (Å²) in [4.78, 5) is 23.1. The molecule has 0 aromatic heterocycles. The number of nitrogens with one attached hydrogen (secondary N) is 2. The lowest BCUT2D eigenvalue weighted by Gasteiger charge is -2.26. The van der Waals surface area contributed by atoms with E-state index in [9.17, 15) is 9.59 Å². The highest BCUT2D eigenvalue weighted by Crippen LogP contribution is 2.27. The predicted octanol–water partition coefficient (Wildman–Crippen LogP) is 2.61. The molecule has 1 aromatic carbocycles. The highest BCUT2D eigenvalue weighted by molar-refractivity contribution is 6.34. The molecule has 1 rings (SSSR count). The molecule has 4 N–H and O–H groups in total. The molecule has 0 saturated carbocycles. The molecule has 0 aliphatic carbocycles. The van der Waals surface area contributed by atoms with Crippen molar-refractivity contribution in [2.45, 2.75) is 33.7 Å². The van der Waals surface area contributed by atoms with E-state index in [2.05, 4.69) is 10.6 Å². The Morgan fingerprint density at radius 2 is 1.85 bits per heavy atom. The van der Waals surface area contributed by atoms with Crippen molar-refractivity contribution in [1.82, 2.24) is 0 Å². The van der Waals surface area contributed by atoms with Crippen LogP contribution in [0.2, 0.25) is 5.02 Å². The lowest BCUT2D eigenvalue weighted by atomic mass is 9.87. The van der Waals surface area contributed by atoms with Crippen molar-refractivity contribution in [2.24, 2.45) is 11.1 Å². The second kappa shape index (κ2) is 6.24. The van der Waals surface area contributed by atoms with E-state index < -0.39 is 6.04 Å². The molecule has 0 spiro atoms. The Morgan fingerprint density at radius 3 is 2.35 bits per heavy atom. The number of hydrogen-bond donors (Lipinski definition) is 3. The largest absolute Gasteiger partial charge is 0.326 e. The molecule has 6 heteroatoms. The van der Waals surface area contributed by atoms with E-state index in [1.165, 1.54) is 6.92 Å². The first-order valence-corrected chi connectivity index (χ1v) is 6.62. The lowest BCUT2D eigenvalue weighted by molar-refractivity contribution is -0.119. The second-order valence-electron chi connectivity index (χ2n) is 5.71. The molecule has 1 atom stereocenters. The van der Waals surface area contributed by atoms with Gasteiger partial charge in [-0.05, 0) is 23.6 Å². The fourth-order valence-corrected chi connectivity index (χ4v) is 1.67. The van der Waals surface area contributed by atoms with Crippen molar-refractivity contribution < 1.29 is 9.59 Å². The zero-order valence-electron chi connectivity index (χ0n) is 12.1. The highest BCUT2D eigenvalue weighted by Gasteiger charge is 2.27. The van der Waals surface area contributed by atoms with Gasteiger partial charge in [-0.1, -0.05) is 32.4 Å². The maximum Gasteiger partial charge on any atom is 0.241 e. The van der Waals surface area contributed by atoms with E-state index in [-0.39, 0.29) is 17.2 Å². The lowest BCUT2D eigenvalue weighted by Crippen LogP contribution is -2.45. The molecule has 0 saturated heterocycles. The Labute approximate surface area is 123 Å². The minimum Gasteiger partial charge on any atom is -0.326 e. The second-order valence-corrected chi connectivity index (χ2v) is 6.12. The third kappa shape index (κ3) is 4.51. The van der Waals surface area contributed by atoms with Crippen LogP contribution in [0.15, 0.2) is 18.2 Å². The Morgan fingerprint density at radius 1 is 1.25 bits per heavy atom. The van der Waals surface area contributed by atoms with Crippen LogP contribution in [0.3, 0.4) is 0 Å². The predicted molar refractivity (Wildman–Crippen MR) is 81.8 cm³/mol. The van der Waals surface area contributed by atoms with Gasteiger partial charge in [-0.15, -0.1) is 0 Å². The fourth-order valence-electron chi connectivity index (χ4n) is 1.51. The Balaban J connectivity index is 2.91. The first-order chi connectivity index (χ1) is 9.11. The number of carbonyl (C=O) groups is 2. The number of nitrogens with two attached hydrogens (primary N) is 1. The van der Waals surface area contributed by atoms with Crippen molar-refractivity contribution in [1.29, 1.82) is 0 Å². The van der Waals surface area contributed by atoms with Crippen molar-refractivity contribution in [3.63, 3.8) is 0 Å². The number of hydrogen-bond acceptors (Lipinski definition) is 3. The summed E-state index contributed by atoms with van der Waals surface area (Å²) in [5.41, 5.74) is 6.51. The van der Waals surface area contributed by atoms with Gasteiger partial charge in [-0.2, -0.15) is 0 Å². The van der Waals surface area contributed by atoms with Gasteiger partial charge in [0.1, 0.15) is 0 Å². The van der Waals surface area contributed by atoms with Gasteiger partial charge in [0.2, 0.25) is 11.8 Å². The molecule has 0 fully saturated rings. The Hall–Kier alpha value is -1.59. The van der Waals surface area contributed by atoms with E-state index in [0.717, 1.165) is 0 Å². The number of halogens is 1. The summed E-state index contributed by atoms with van der Waals surface area (Å²) in [7, 11) is 0. The van der Waals surface area contributed by atoms with Gasteiger partial charge in [0.25, 0.3) is 0 Å². The molecule has 0 bridgehead atoms. The van der Waals surface area contributed by atoms with Crippen molar-refractivity contribution >= 4 is 34.8 Å². The first-order valence-electron chi connectivity index (χ1n) is 6.25. The van der Waals surface area contributed by atoms with Gasteiger partial charge < -0.3 is 16.4 Å². The van der Waals surface area contributed by atoms with Gasteiger partial charge in [-0.3, -0.25) is 9.59 Å². The smallest absolute Gasteiger partial charge is 0.241 e. The van der Waals surface area contributed by atoms with Gasteiger partial charge in [0.15, 0.2) is 0 Å². The summed E-state index contributed by atoms with van der Waals surface area (Å²) in [5, 5.41) is 5.69. The molecule has 0 aliphatic rings. The van der Waals surface area contributed by atoms with Gasteiger partial charge >= 0.3 is 0 Å². The summed E-state index contributed by atoms with van der Waals surface area (Å²) < 4.78 is 0. The quantitative estimate of drug-likeness (QED) is 0.802. The maximum absolute atomic E-state index is 12.1. The minimum absolute atomic E-state index is 0.198. The summed E-state index contributed by atoms with van der Waals surface area (Å²) >= 11 is 6.03. The van der Waals surface area contributed by atoms with Gasteiger partial charge in [0.05, 0.1) is 16.8 Å². The van der Waals surface area contributed by atoms with Crippen LogP contribution in [-0.4, -0.2) is 17.9 Å². The molecule has 2 amide bonds. The molecule has 5 nitrogen and oxygen atoms in total. The molecule has 0 radical (unpaired) electrons. The monoisotopic (exact) mass is 297 g/mol. The number of amides is 2. The van der Waals surface area contributed by atoms with Crippen LogP contribution in [0.25, 0.3) is 0 Å². The number of benzene rings is 1. The third-order valence-corrected chi connectivity index (χ3v) is 3.09. The first kappa shape index (κ1) is 16.5. The van der Waals surface area contributed by atoms with Gasteiger partial charge in [0, 0.05) is 12.6 Å². The SMILES string of the molecule is CC(=O)Nc1ccc(Cl)c(NC(=O)[C@@H](N)C(C)(C)C)c1. The maximum atomic E-state index is 12.1. The van der Waals surface area contributed by atoms with Crippen molar-refractivity contribution in [3.8, 4) is 0 Å². The van der Waals surface area contributed by atoms with E-state index in [0.29, 0.717) is 16.4 Å². The molecular formula is C14H20ClN3O2. The Bertz CT molecular complexity index is 524. The molecule has 0 aliphatic heterocycles. The number of anilines is 2. The van der Waals surface area contributed by atoms with Crippen LogP contribution in [0.5, 0.6) is 0 Å². The molecule has 110 valence electrons. The van der Waals surface area contributed by atoms with Crippen LogP contribution >= 0.6 is 11.6 Å². The van der Waals surface area contributed by atoms with E-state index in [1.807, 2.05) is 20.8 Å². The van der Waals surface area contributed by atoms with Crippen molar-refractivity contribution in [3.05, 3.63) is 23.2 Å². The van der Waals surface area contributed by atoms with Crippen LogP contribution in [-0.2, 0) is 9.59 Å². The average molecular weight is 298 g/mol. The number of rotatable bonds is 3. The third-order valence-electron chi connectivity index (χ3n) is 2.76. The standard InChI is InChI=1S/C14H20ClN3O2/c1-8(19)17-9-5-6-10(15)11(7-9)18-13(20)12(16)14(2,3)4/h5-7,12H,16H2,1-4H3,(H,17,19)(H,18,20)/t12-/m1/s1. The number of carbonyl (C=O) groups excluding carboxylic acids is 2. The Kier molecular flexibility index (Phi) is 5.14. The van der Waals surface area contributed by atoms with Gasteiger partial charge in [-0.25, -0.2) is 0 Å². The summed E-state index contributed by atoms with van der Waals surface area (Å²) in [6, 6.07) is 4.19. The van der Waals surface area contributed by atoms with E-state index in [1.54, 1.807) is 18.2 Å². The van der Waals surface area contributed by atoms with E-state index in [4.69, 9.17) is 17.3 Å². The summed E-state index contributed by atoms with van der Waals surface area (Å²) in [6.07, 6.45) is 0. The van der Waals surface area contributed by atoms with Crippen LogP contribution in [0.1, 0.15) is 27.7 Å². The molecule has 1 aromatic rings. The van der Waals surface area contributed by atoms with Crippen LogP contribution in [0.4, 0.5) is 11.4 Å². The average Bonchev–Trinajstić information content (AvgIpc) is 2.30. The highest BCUT2D eigenvalue weighted by atomic mass is 35.5. The summed E-state index contributed by atoms with van der Waals surface area (Å²) in [5.74, 6) is -0.518. The summed E-state index contributed by atoms with van der Waals surface area (Å²) in [6.45, 7) is 7.05. The fraction of sp³-hybridized carbons (Fsp3) is 0.429. The molecule has 0 unspecified atom stereocenters. The molecule has 20 heavy (non-hydrogen) atoms. The normalized spacial score (nSPS) is 12.7. The minimum atomic E-state index is -0.664. The topological polar surface area (TPSA) is 84.2 Å². The zero-order valence-corrected chi connectivity index (χ0v) is 12.8. The molecule has 0 heterocycles. The van der Waals surface area contributed by atoms with E-state index >= 15 is 0 Å². The van der Waals surface area contributed by atoms with Crippen LogP contribution in [0, 0.1) is 5.41 Å².